The second-order valence-corrected chi connectivity index (χ2v) is 5.95. The van der Waals surface area contributed by atoms with Crippen molar-refractivity contribution in [3.8, 4) is 5.95 Å². The molecule has 12 nitrogen and oxygen atoms in total. The van der Waals surface area contributed by atoms with Crippen LogP contribution in [-0.2, 0) is 28.2 Å². The summed E-state index contributed by atoms with van der Waals surface area (Å²) in [4.78, 5) is 59.1. The number of hydrogen-bond donors (Lipinski definition) is 1. The number of fused-ring (bicyclic) bond motifs is 2. The van der Waals surface area contributed by atoms with E-state index in [1.165, 1.54) is 45.7 Å². The molecule has 26 heavy (non-hydrogen) atoms. The van der Waals surface area contributed by atoms with Gasteiger partial charge < -0.3 is 4.57 Å². The van der Waals surface area contributed by atoms with E-state index >= 15 is 0 Å². The molecule has 12 heteroatoms. The van der Waals surface area contributed by atoms with E-state index in [-0.39, 0.29) is 28.3 Å². The molecule has 0 radical (unpaired) electrons. The summed E-state index contributed by atoms with van der Waals surface area (Å²) in [5.41, 5.74) is -1.56. The smallest absolute Gasteiger partial charge is 0.307 e. The first-order valence-corrected chi connectivity index (χ1v) is 7.53. The van der Waals surface area contributed by atoms with Gasteiger partial charge in [-0.25, -0.2) is 14.6 Å². The van der Waals surface area contributed by atoms with Crippen molar-refractivity contribution in [1.29, 1.82) is 0 Å². The van der Waals surface area contributed by atoms with E-state index in [0.29, 0.717) is 0 Å². The minimum Gasteiger partial charge on any atom is -0.307 e. The third kappa shape index (κ3) is 1.77. The van der Waals surface area contributed by atoms with Crippen LogP contribution in [0.1, 0.15) is 0 Å². The minimum absolute atomic E-state index is 0.0564. The molecule has 4 rings (SSSR count). The summed E-state index contributed by atoms with van der Waals surface area (Å²) in [7, 11) is 5.98. The molecule has 0 saturated heterocycles. The fourth-order valence-corrected chi connectivity index (χ4v) is 3.03. The van der Waals surface area contributed by atoms with E-state index in [2.05, 4.69) is 15.0 Å². The maximum Gasteiger partial charge on any atom is 0.332 e. The van der Waals surface area contributed by atoms with Gasteiger partial charge in [0, 0.05) is 28.2 Å². The maximum absolute atomic E-state index is 12.5. The Kier molecular flexibility index (Phi) is 2.98. The predicted octanol–water partition coefficient (Wildman–Crippen LogP) is -2.30. The van der Waals surface area contributed by atoms with Crippen molar-refractivity contribution in [3.63, 3.8) is 0 Å². The number of aryl methyl sites for hydroxylation is 3. The lowest BCUT2D eigenvalue weighted by molar-refractivity contribution is 0.705. The maximum atomic E-state index is 12.5. The van der Waals surface area contributed by atoms with Crippen LogP contribution < -0.4 is 22.5 Å². The fraction of sp³-hybridized carbons (Fsp3) is 0.286. The highest BCUT2D eigenvalue weighted by Gasteiger charge is 2.21. The molecule has 0 bridgehead atoms. The predicted molar refractivity (Wildman–Crippen MR) is 91.7 cm³/mol. The molecule has 0 atom stereocenters. The second-order valence-electron chi connectivity index (χ2n) is 5.95. The van der Waals surface area contributed by atoms with Gasteiger partial charge in [-0.15, -0.1) is 0 Å². The summed E-state index contributed by atoms with van der Waals surface area (Å²) >= 11 is 0. The van der Waals surface area contributed by atoms with Crippen LogP contribution >= 0.6 is 0 Å². The summed E-state index contributed by atoms with van der Waals surface area (Å²) in [6.45, 7) is 0. The Balaban J connectivity index is 2.22. The van der Waals surface area contributed by atoms with Crippen LogP contribution in [0.15, 0.2) is 25.5 Å². The van der Waals surface area contributed by atoms with E-state index < -0.39 is 22.5 Å². The topological polar surface area (TPSA) is 134 Å². The summed E-state index contributed by atoms with van der Waals surface area (Å²) < 4.78 is 6.38. The van der Waals surface area contributed by atoms with Crippen molar-refractivity contribution in [2.45, 2.75) is 0 Å². The van der Waals surface area contributed by atoms with Crippen LogP contribution in [0.2, 0.25) is 0 Å². The van der Waals surface area contributed by atoms with Crippen molar-refractivity contribution in [2.75, 3.05) is 0 Å². The standard InChI is InChI=1S/C14H14N8O4/c1-18-7-8(19(2)14(26)21(4)11(7)24)16-12(18)22-5-15-6-9(23)17-13(25)20(3)10(6)22/h5H,1-4H3,(H,17,23,25). The summed E-state index contributed by atoms with van der Waals surface area (Å²) in [6, 6.07) is 0. The Labute approximate surface area is 143 Å². The van der Waals surface area contributed by atoms with Crippen molar-refractivity contribution in [1.82, 2.24) is 37.8 Å². The highest BCUT2D eigenvalue weighted by molar-refractivity contribution is 5.76. The number of nitrogens with zero attached hydrogens (tertiary/aromatic N) is 7. The highest BCUT2D eigenvalue weighted by Crippen LogP contribution is 2.16. The van der Waals surface area contributed by atoms with Crippen molar-refractivity contribution >= 4 is 22.3 Å². The number of imidazole rings is 2. The van der Waals surface area contributed by atoms with E-state index in [0.717, 1.165) is 4.57 Å². The Morgan fingerprint density at radius 3 is 2.31 bits per heavy atom. The molecule has 0 aliphatic rings. The molecule has 134 valence electrons. The van der Waals surface area contributed by atoms with Gasteiger partial charge in [0.1, 0.15) is 6.33 Å². The number of aromatic amines is 1. The van der Waals surface area contributed by atoms with E-state index in [1.807, 2.05) is 0 Å². The number of nitrogens with one attached hydrogen (secondary N) is 1. The van der Waals surface area contributed by atoms with Gasteiger partial charge in [-0.05, 0) is 0 Å². The number of H-pyrrole nitrogens is 1. The van der Waals surface area contributed by atoms with Gasteiger partial charge >= 0.3 is 11.4 Å². The molecule has 0 aliphatic heterocycles. The van der Waals surface area contributed by atoms with Crippen molar-refractivity contribution in [3.05, 3.63) is 48.0 Å². The molecule has 4 aromatic heterocycles. The molecule has 4 heterocycles. The largest absolute Gasteiger partial charge is 0.332 e. The Morgan fingerprint density at radius 2 is 1.62 bits per heavy atom. The lowest BCUT2D eigenvalue weighted by Crippen LogP contribution is -2.37. The first-order valence-electron chi connectivity index (χ1n) is 7.53. The molecule has 0 amide bonds. The number of rotatable bonds is 1. The molecule has 1 N–H and O–H groups in total. The van der Waals surface area contributed by atoms with Gasteiger partial charge in [0.25, 0.3) is 11.1 Å². The lowest BCUT2D eigenvalue weighted by Gasteiger charge is -2.06. The summed E-state index contributed by atoms with van der Waals surface area (Å²) in [5.74, 6) is 0.237. The van der Waals surface area contributed by atoms with Crippen molar-refractivity contribution < 1.29 is 0 Å². The van der Waals surface area contributed by atoms with Crippen LogP contribution in [0.25, 0.3) is 28.3 Å². The molecule has 0 aromatic carbocycles. The quantitative estimate of drug-likeness (QED) is 0.406. The van der Waals surface area contributed by atoms with E-state index in [4.69, 9.17) is 0 Å². The minimum atomic E-state index is -0.621. The molecular formula is C14H14N8O4. The number of aromatic nitrogens is 8. The van der Waals surface area contributed by atoms with E-state index in [9.17, 15) is 19.2 Å². The van der Waals surface area contributed by atoms with Gasteiger partial charge in [-0.3, -0.25) is 32.8 Å². The molecular weight excluding hydrogens is 344 g/mol. The molecule has 0 unspecified atom stereocenters. The average molecular weight is 358 g/mol. The molecule has 0 aliphatic carbocycles. The van der Waals surface area contributed by atoms with E-state index in [1.54, 1.807) is 7.05 Å². The number of hydrogen-bond acceptors (Lipinski definition) is 6. The molecule has 4 aromatic rings. The van der Waals surface area contributed by atoms with Crippen LogP contribution in [0.5, 0.6) is 0 Å². The zero-order chi connectivity index (χ0) is 18.9. The summed E-state index contributed by atoms with van der Waals surface area (Å²) in [5, 5.41) is 0. The Morgan fingerprint density at radius 1 is 0.923 bits per heavy atom. The normalized spacial score (nSPS) is 11.7. The van der Waals surface area contributed by atoms with Crippen molar-refractivity contribution in [2.24, 2.45) is 28.2 Å². The monoisotopic (exact) mass is 358 g/mol. The third-order valence-electron chi connectivity index (χ3n) is 4.47. The fourth-order valence-electron chi connectivity index (χ4n) is 3.03. The SMILES string of the molecule is Cn1c(=O)c2c(nc(-n3cnc4c(=O)[nH]c(=O)n(C)c43)n2C)n(C)c1=O. The first kappa shape index (κ1) is 15.8. The highest BCUT2D eigenvalue weighted by atomic mass is 16.2. The zero-order valence-corrected chi connectivity index (χ0v) is 14.3. The summed E-state index contributed by atoms with van der Waals surface area (Å²) in [6.07, 6.45) is 1.34. The molecule has 0 fully saturated rings. The first-order chi connectivity index (χ1) is 12.2. The Bertz CT molecular complexity index is 1460. The second kappa shape index (κ2) is 4.91. The van der Waals surface area contributed by atoms with Gasteiger partial charge in [-0.1, -0.05) is 0 Å². The molecule has 0 saturated carbocycles. The van der Waals surface area contributed by atoms with Crippen LogP contribution in [-0.4, -0.2) is 37.8 Å². The Hall–Kier alpha value is -3.70. The zero-order valence-electron chi connectivity index (χ0n) is 14.3. The van der Waals surface area contributed by atoms with Gasteiger partial charge in [0.2, 0.25) is 5.95 Å². The lowest BCUT2D eigenvalue weighted by atomic mass is 10.5. The average Bonchev–Trinajstić information content (AvgIpc) is 3.18. The van der Waals surface area contributed by atoms with Crippen LogP contribution in [0, 0.1) is 0 Å². The van der Waals surface area contributed by atoms with Crippen LogP contribution in [0.3, 0.4) is 0 Å². The molecule has 0 spiro atoms. The van der Waals surface area contributed by atoms with Gasteiger partial charge in [0.05, 0.1) is 0 Å². The van der Waals surface area contributed by atoms with Gasteiger partial charge in [-0.2, -0.15) is 4.98 Å². The van der Waals surface area contributed by atoms with Gasteiger partial charge in [0.15, 0.2) is 22.3 Å². The van der Waals surface area contributed by atoms with Crippen LogP contribution in [0.4, 0.5) is 0 Å². The third-order valence-corrected chi connectivity index (χ3v) is 4.47.